The molecule has 3 rings (SSSR count). The Morgan fingerprint density at radius 2 is 2.00 bits per heavy atom. The van der Waals surface area contributed by atoms with E-state index in [1.165, 1.54) is 25.7 Å². The van der Waals surface area contributed by atoms with E-state index in [-0.39, 0.29) is 17.5 Å². The van der Waals surface area contributed by atoms with Crippen molar-refractivity contribution >= 4 is 5.97 Å². The lowest BCUT2D eigenvalue weighted by Gasteiger charge is -2.58. The van der Waals surface area contributed by atoms with Crippen molar-refractivity contribution in [1.29, 1.82) is 0 Å². The minimum Gasteiger partial charge on any atom is -0.455 e. The van der Waals surface area contributed by atoms with Crippen LogP contribution in [0.1, 0.15) is 66.7 Å². The molecule has 0 spiro atoms. The Balaban J connectivity index is 1.91. The van der Waals surface area contributed by atoms with Crippen LogP contribution in [0.15, 0.2) is 23.3 Å². The summed E-state index contributed by atoms with van der Waals surface area (Å²) in [5.41, 5.74) is 3.26. The highest BCUT2D eigenvalue weighted by atomic mass is 16.5. The molecule has 122 valence electrons. The zero-order chi connectivity index (χ0) is 16.1. The maximum atomic E-state index is 11.6. The fourth-order valence-corrected chi connectivity index (χ4v) is 5.40. The normalized spacial score (nSPS) is 45.0. The Morgan fingerprint density at radius 3 is 2.64 bits per heavy atom. The molecule has 0 unspecified atom stereocenters. The van der Waals surface area contributed by atoms with Gasteiger partial charge >= 0.3 is 5.97 Å². The molecule has 0 amide bonds. The summed E-state index contributed by atoms with van der Waals surface area (Å²) in [4.78, 5) is 11.6. The third-order valence-electron chi connectivity index (χ3n) is 7.33. The Bertz CT molecular complexity index is 544. The first-order valence-electron chi connectivity index (χ1n) is 8.83. The molecule has 22 heavy (non-hydrogen) atoms. The molecular formula is C20H30O2. The van der Waals surface area contributed by atoms with Crippen LogP contribution in [0, 0.1) is 22.7 Å². The Kier molecular flexibility index (Phi) is 3.78. The van der Waals surface area contributed by atoms with Gasteiger partial charge in [-0.15, -0.1) is 0 Å². The van der Waals surface area contributed by atoms with Gasteiger partial charge in [0.25, 0.3) is 0 Å². The maximum Gasteiger partial charge on any atom is 0.331 e. The van der Waals surface area contributed by atoms with Crippen molar-refractivity contribution in [2.45, 2.75) is 72.8 Å². The molecule has 2 nitrogen and oxygen atoms in total. The molecule has 0 aromatic rings. The smallest absolute Gasteiger partial charge is 0.331 e. The summed E-state index contributed by atoms with van der Waals surface area (Å²) in [5, 5.41) is 0. The van der Waals surface area contributed by atoms with E-state index in [0.717, 1.165) is 12.0 Å². The van der Waals surface area contributed by atoms with Crippen LogP contribution >= 0.6 is 0 Å². The lowest BCUT2D eigenvalue weighted by atomic mass is 9.47. The monoisotopic (exact) mass is 302 g/mol. The SMILES string of the molecule is CC1=CC(=O)O[C@H]1C[C@@]1(C)[C@H](C)CC[C@@]2(C)C(C)=CCC[C@H]12. The molecule has 0 bridgehead atoms. The van der Waals surface area contributed by atoms with Crippen molar-refractivity contribution in [3.05, 3.63) is 23.3 Å². The topological polar surface area (TPSA) is 26.3 Å². The lowest BCUT2D eigenvalue weighted by Crippen LogP contribution is -2.51. The quantitative estimate of drug-likeness (QED) is 0.527. The van der Waals surface area contributed by atoms with Crippen molar-refractivity contribution in [2.75, 3.05) is 0 Å². The van der Waals surface area contributed by atoms with Crippen LogP contribution in [0.2, 0.25) is 0 Å². The van der Waals surface area contributed by atoms with Gasteiger partial charge in [-0.25, -0.2) is 4.79 Å². The molecule has 0 saturated heterocycles. The maximum absolute atomic E-state index is 11.6. The summed E-state index contributed by atoms with van der Waals surface area (Å²) >= 11 is 0. The largest absolute Gasteiger partial charge is 0.455 e. The van der Waals surface area contributed by atoms with Gasteiger partial charge in [0, 0.05) is 6.08 Å². The number of rotatable bonds is 2. The van der Waals surface area contributed by atoms with Gasteiger partial charge in [-0.1, -0.05) is 32.4 Å². The van der Waals surface area contributed by atoms with E-state index in [1.54, 1.807) is 11.6 Å². The second kappa shape index (κ2) is 5.25. The van der Waals surface area contributed by atoms with Gasteiger partial charge in [0.2, 0.25) is 0 Å². The number of hydrogen-bond donors (Lipinski definition) is 0. The first-order chi connectivity index (χ1) is 10.3. The summed E-state index contributed by atoms with van der Waals surface area (Å²) in [6.07, 6.45) is 10.2. The summed E-state index contributed by atoms with van der Waals surface area (Å²) in [5.74, 6) is 1.22. The molecule has 0 aromatic carbocycles. The van der Waals surface area contributed by atoms with E-state index in [9.17, 15) is 4.79 Å². The van der Waals surface area contributed by atoms with E-state index in [0.29, 0.717) is 17.3 Å². The standard InChI is InChI=1S/C20H30O2/c1-13-11-18(21)22-16(13)12-20(5)15(3)9-10-19(4)14(2)7-6-8-17(19)20/h7,11,15-17H,6,8-10,12H2,1-5H3/t15-,16+,17+,19+,20+/m1/s1. The van der Waals surface area contributed by atoms with E-state index >= 15 is 0 Å². The fourth-order valence-electron chi connectivity index (χ4n) is 5.40. The molecule has 1 fully saturated rings. The summed E-state index contributed by atoms with van der Waals surface area (Å²) < 4.78 is 5.58. The molecule has 1 saturated carbocycles. The van der Waals surface area contributed by atoms with Gasteiger partial charge in [-0.3, -0.25) is 0 Å². The average molecular weight is 302 g/mol. The summed E-state index contributed by atoms with van der Waals surface area (Å²) in [6, 6.07) is 0. The number of carbonyl (C=O) groups is 1. The Labute approximate surface area is 135 Å². The van der Waals surface area contributed by atoms with Crippen molar-refractivity contribution in [1.82, 2.24) is 0 Å². The predicted octanol–water partition coefficient (Wildman–Crippen LogP) is 5.05. The van der Waals surface area contributed by atoms with Gasteiger partial charge in [0.1, 0.15) is 6.10 Å². The van der Waals surface area contributed by atoms with Crippen LogP contribution in [-0.2, 0) is 9.53 Å². The highest BCUT2D eigenvalue weighted by Gasteiger charge is 2.54. The fraction of sp³-hybridized carbons (Fsp3) is 0.750. The molecule has 1 heterocycles. The first kappa shape index (κ1) is 15.8. The number of carbonyl (C=O) groups excluding carboxylic acids is 1. The van der Waals surface area contributed by atoms with E-state index in [2.05, 4.69) is 33.8 Å². The number of ether oxygens (including phenoxy) is 1. The molecule has 0 aromatic heterocycles. The highest BCUT2D eigenvalue weighted by molar-refractivity contribution is 5.85. The molecule has 2 heteroatoms. The van der Waals surface area contributed by atoms with Crippen molar-refractivity contribution < 1.29 is 9.53 Å². The Hall–Kier alpha value is -1.05. The van der Waals surface area contributed by atoms with Crippen molar-refractivity contribution in [2.24, 2.45) is 22.7 Å². The molecule has 0 N–H and O–H groups in total. The van der Waals surface area contributed by atoms with Crippen LogP contribution in [0.3, 0.4) is 0 Å². The molecule has 2 aliphatic carbocycles. The molecule has 1 aliphatic heterocycles. The predicted molar refractivity (Wildman–Crippen MR) is 89.3 cm³/mol. The molecule has 5 atom stereocenters. The second-order valence-electron chi connectivity index (χ2n) is 8.40. The van der Waals surface area contributed by atoms with E-state index < -0.39 is 0 Å². The van der Waals surface area contributed by atoms with Gasteiger partial charge in [0.15, 0.2) is 0 Å². The first-order valence-corrected chi connectivity index (χ1v) is 8.83. The van der Waals surface area contributed by atoms with Crippen LogP contribution in [0.4, 0.5) is 0 Å². The van der Waals surface area contributed by atoms with Gasteiger partial charge in [-0.2, -0.15) is 0 Å². The van der Waals surface area contributed by atoms with Crippen molar-refractivity contribution in [3.8, 4) is 0 Å². The minimum atomic E-state index is -0.156. The van der Waals surface area contributed by atoms with Gasteiger partial charge in [0.05, 0.1) is 0 Å². The third-order valence-corrected chi connectivity index (χ3v) is 7.33. The van der Waals surface area contributed by atoms with Gasteiger partial charge in [-0.05, 0) is 74.2 Å². The summed E-state index contributed by atoms with van der Waals surface area (Å²) in [7, 11) is 0. The van der Waals surface area contributed by atoms with Crippen LogP contribution < -0.4 is 0 Å². The molecular weight excluding hydrogens is 272 g/mol. The number of fused-ring (bicyclic) bond motifs is 1. The minimum absolute atomic E-state index is 0.00601. The average Bonchev–Trinajstić information content (AvgIpc) is 2.75. The number of esters is 1. The second-order valence-corrected chi connectivity index (χ2v) is 8.40. The van der Waals surface area contributed by atoms with Crippen LogP contribution in [0.25, 0.3) is 0 Å². The van der Waals surface area contributed by atoms with Crippen LogP contribution in [0.5, 0.6) is 0 Å². The lowest BCUT2D eigenvalue weighted by molar-refractivity contribution is -0.142. The number of hydrogen-bond acceptors (Lipinski definition) is 2. The summed E-state index contributed by atoms with van der Waals surface area (Å²) in [6.45, 7) is 11.7. The molecule has 0 radical (unpaired) electrons. The zero-order valence-electron chi connectivity index (χ0n) is 14.7. The highest BCUT2D eigenvalue weighted by Crippen LogP contribution is 2.62. The third kappa shape index (κ3) is 2.26. The van der Waals surface area contributed by atoms with Crippen LogP contribution in [-0.4, -0.2) is 12.1 Å². The zero-order valence-corrected chi connectivity index (χ0v) is 14.7. The van der Waals surface area contributed by atoms with Crippen molar-refractivity contribution in [3.63, 3.8) is 0 Å². The van der Waals surface area contributed by atoms with Gasteiger partial charge < -0.3 is 4.74 Å². The number of allylic oxidation sites excluding steroid dienone is 2. The van der Waals surface area contributed by atoms with E-state index in [1.807, 2.05) is 6.92 Å². The van der Waals surface area contributed by atoms with E-state index in [4.69, 9.17) is 4.74 Å². The number of cyclic esters (lactones) is 1. The Morgan fingerprint density at radius 1 is 1.27 bits per heavy atom. The molecule has 3 aliphatic rings.